The van der Waals surface area contributed by atoms with Gasteiger partial charge in [-0.05, 0) is 6.42 Å². The number of aliphatic carboxylic acids is 1. The number of hydrogen-bond acceptors (Lipinski definition) is 3. The summed E-state index contributed by atoms with van der Waals surface area (Å²) in [5.41, 5.74) is -0.770. The molecule has 4 heteroatoms. The van der Waals surface area contributed by atoms with E-state index in [9.17, 15) is 9.90 Å². The van der Waals surface area contributed by atoms with E-state index in [0.29, 0.717) is 6.42 Å². The van der Waals surface area contributed by atoms with Gasteiger partial charge in [0.2, 0.25) is 0 Å². The first-order chi connectivity index (χ1) is 9.19. The molecule has 1 aliphatic rings. The summed E-state index contributed by atoms with van der Waals surface area (Å²) < 4.78 is 0. The van der Waals surface area contributed by atoms with Crippen molar-refractivity contribution in [3.05, 3.63) is 0 Å². The number of rotatable bonds is 3. The number of carboxylic acids is 1. The predicted octanol–water partition coefficient (Wildman–Crippen LogP) is 4.19. The van der Waals surface area contributed by atoms with Gasteiger partial charge in [0, 0.05) is 16.2 Å². The molecule has 1 aliphatic heterocycles. The number of carboxylic acid groups (broad SMARTS) is 1. The first-order valence-corrected chi connectivity index (χ1v) is 7.63. The zero-order chi connectivity index (χ0) is 16.9. The van der Waals surface area contributed by atoms with Crippen LogP contribution in [0.4, 0.5) is 0 Å². The van der Waals surface area contributed by atoms with E-state index >= 15 is 0 Å². The quantitative estimate of drug-likeness (QED) is 0.848. The summed E-state index contributed by atoms with van der Waals surface area (Å²) in [4.78, 5) is 21.4. The van der Waals surface area contributed by atoms with Crippen molar-refractivity contribution < 1.29 is 9.90 Å². The predicted molar refractivity (Wildman–Crippen MR) is 88.2 cm³/mol. The summed E-state index contributed by atoms with van der Waals surface area (Å²) in [5.74, 6) is -0.963. The highest BCUT2D eigenvalue weighted by Crippen LogP contribution is 2.45. The number of hydrogen-bond donors (Lipinski definition) is 1. The minimum absolute atomic E-state index is 0.229. The van der Waals surface area contributed by atoms with Crippen molar-refractivity contribution in [3.63, 3.8) is 0 Å². The lowest BCUT2D eigenvalue weighted by molar-refractivity contribution is -0.147. The van der Waals surface area contributed by atoms with Crippen LogP contribution in [0.5, 0.6) is 0 Å². The van der Waals surface area contributed by atoms with Crippen LogP contribution in [0.25, 0.3) is 0 Å². The van der Waals surface area contributed by atoms with Crippen LogP contribution < -0.4 is 0 Å². The average Bonchev–Trinajstić information content (AvgIpc) is 2.70. The summed E-state index contributed by atoms with van der Waals surface area (Å²) in [6.07, 6.45) is 0.696. The maximum absolute atomic E-state index is 12.1. The maximum Gasteiger partial charge on any atom is 0.354 e. The Hall–Kier alpha value is -1.19. The third kappa shape index (κ3) is 2.90. The summed E-state index contributed by atoms with van der Waals surface area (Å²) in [5, 5.41) is 9.88. The van der Waals surface area contributed by atoms with Crippen LogP contribution in [-0.4, -0.2) is 28.2 Å². The lowest BCUT2D eigenvalue weighted by atomic mass is 9.77. The summed E-state index contributed by atoms with van der Waals surface area (Å²) in [6.45, 7) is 18.2. The molecule has 0 aliphatic carbocycles. The standard InChI is InChI=1S/C17H30N2O2/c1-10-16(8,9)17(13(20)21)18-11(14(2,3)4)12(19-17)15(5,6)7/h10H2,1-9H3,(H,20,21). The Morgan fingerprint density at radius 1 is 0.952 bits per heavy atom. The van der Waals surface area contributed by atoms with Crippen molar-refractivity contribution >= 4 is 17.4 Å². The molecular formula is C17H30N2O2. The van der Waals surface area contributed by atoms with Gasteiger partial charge in [0.05, 0.1) is 11.4 Å². The van der Waals surface area contributed by atoms with Crippen molar-refractivity contribution in [2.45, 2.75) is 74.4 Å². The third-order valence-electron chi connectivity index (χ3n) is 4.32. The number of aliphatic imine (C=N–C) groups is 2. The van der Waals surface area contributed by atoms with E-state index < -0.39 is 17.0 Å². The van der Waals surface area contributed by atoms with E-state index in [1.165, 1.54) is 0 Å². The summed E-state index contributed by atoms with van der Waals surface area (Å²) in [6, 6.07) is 0. The van der Waals surface area contributed by atoms with Gasteiger partial charge >= 0.3 is 5.97 Å². The van der Waals surface area contributed by atoms with Crippen LogP contribution in [0.3, 0.4) is 0 Å². The van der Waals surface area contributed by atoms with E-state index in [2.05, 4.69) is 41.5 Å². The molecular weight excluding hydrogens is 264 g/mol. The molecule has 0 aromatic rings. The lowest BCUT2D eigenvalue weighted by Gasteiger charge is -2.35. The first-order valence-electron chi connectivity index (χ1n) is 7.63. The van der Waals surface area contributed by atoms with Gasteiger partial charge in [-0.1, -0.05) is 62.3 Å². The second kappa shape index (κ2) is 4.92. The Labute approximate surface area is 128 Å². The SMILES string of the molecule is CCC(C)(C)C1(C(=O)O)N=C(C(C)(C)C)C(C(C)(C)C)=N1. The fourth-order valence-electron chi connectivity index (χ4n) is 2.43. The molecule has 0 aromatic carbocycles. The largest absolute Gasteiger partial charge is 0.478 e. The molecule has 4 nitrogen and oxygen atoms in total. The molecule has 0 unspecified atom stereocenters. The number of carbonyl (C=O) groups is 1. The molecule has 120 valence electrons. The number of nitrogens with zero attached hydrogens (tertiary/aromatic N) is 2. The second-order valence-corrected chi connectivity index (χ2v) is 8.64. The Kier molecular flexibility index (Phi) is 4.19. The van der Waals surface area contributed by atoms with Crippen LogP contribution in [0.2, 0.25) is 0 Å². The van der Waals surface area contributed by atoms with E-state index in [4.69, 9.17) is 9.98 Å². The van der Waals surface area contributed by atoms with Gasteiger partial charge in [0.15, 0.2) is 0 Å². The molecule has 1 rings (SSSR count). The van der Waals surface area contributed by atoms with Crippen molar-refractivity contribution in [1.82, 2.24) is 0 Å². The zero-order valence-corrected chi connectivity index (χ0v) is 15.0. The van der Waals surface area contributed by atoms with Gasteiger partial charge in [0.1, 0.15) is 0 Å². The van der Waals surface area contributed by atoms with Gasteiger partial charge < -0.3 is 5.11 Å². The van der Waals surface area contributed by atoms with Crippen LogP contribution in [0, 0.1) is 16.2 Å². The second-order valence-electron chi connectivity index (χ2n) is 8.64. The molecule has 0 atom stereocenters. The molecule has 0 radical (unpaired) electrons. The van der Waals surface area contributed by atoms with Crippen LogP contribution in [-0.2, 0) is 4.79 Å². The topological polar surface area (TPSA) is 62.0 Å². The van der Waals surface area contributed by atoms with E-state index in [-0.39, 0.29) is 10.8 Å². The van der Waals surface area contributed by atoms with E-state index in [1.807, 2.05) is 20.8 Å². The smallest absolute Gasteiger partial charge is 0.354 e. The molecule has 0 amide bonds. The lowest BCUT2D eigenvalue weighted by Crippen LogP contribution is -2.47. The molecule has 1 N–H and O–H groups in total. The molecule has 0 saturated heterocycles. The highest BCUT2D eigenvalue weighted by molar-refractivity contribution is 6.47. The van der Waals surface area contributed by atoms with Crippen molar-refractivity contribution in [3.8, 4) is 0 Å². The molecule has 0 aromatic heterocycles. The zero-order valence-electron chi connectivity index (χ0n) is 15.0. The monoisotopic (exact) mass is 294 g/mol. The van der Waals surface area contributed by atoms with Crippen molar-refractivity contribution in [1.29, 1.82) is 0 Å². The highest BCUT2D eigenvalue weighted by Gasteiger charge is 2.56. The van der Waals surface area contributed by atoms with Gasteiger partial charge in [0.25, 0.3) is 5.66 Å². The Bertz CT molecular complexity index is 470. The van der Waals surface area contributed by atoms with Crippen LogP contribution in [0.1, 0.15) is 68.7 Å². The van der Waals surface area contributed by atoms with Gasteiger partial charge in [-0.2, -0.15) is 0 Å². The van der Waals surface area contributed by atoms with Crippen molar-refractivity contribution in [2.75, 3.05) is 0 Å². The van der Waals surface area contributed by atoms with E-state index in [1.54, 1.807) is 0 Å². The van der Waals surface area contributed by atoms with Gasteiger partial charge in [-0.25, -0.2) is 14.8 Å². The Balaban J connectivity index is 3.68. The molecule has 0 spiro atoms. The molecule has 0 bridgehead atoms. The normalized spacial score (nSPS) is 19.3. The Morgan fingerprint density at radius 2 is 1.29 bits per heavy atom. The minimum atomic E-state index is -1.41. The van der Waals surface area contributed by atoms with Gasteiger partial charge in [-0.3, -0.25) is 0 Å². The Morgan fingerprint density at radius 3 is 1.48 bits per heavy atom. The van der Waals surface area contributed by atoms with Gasteiger partial charge in [-0.15, -0.1) is 0 Å². The van der Waals surface area contributed by atoms with E-state index in [0.717, 1.165) is 11.4 Å². The van der Waals surface area contributed by atoms with Crippen molar-refractivity contribution in [2.24, 2.45) is 26.2 Å². The first kappa shape index (κ1) is 17.9. The molecule has 0 saturated carbocycles. The summed E-state index contributed by atoms with van der Waals surface area (Å²) >= 11 is 0. The van der Waals surface area contributed by atoms with Crippen LogP contribution >= 0.6 is 0 Å². The molecule has 1 heterocycles. The minimum Gasteiger partial charge on any atom is -0.478 e. The highest BCUT2D eigenvalue weighted by atomic mass is 16.4. The fraction of sp³-hybridized carbons (Fsp3) is 0.824. The van der Waals surface area contributed by atoms with Crippen LogP contribution in [0.15, 0.2) is 9.98 Å². The molecule has 21 heavy (non-hydrogen) atoms. The maximum atomic E-state index is 12.1. The summed E-state index contributed by atoms with van der Waals surface area (Å²) in [7, 11) is 0. The fourth-order valence-corrected chi connectivity index (χ4v) is 2.43. The molecule has 0 fully saturated rings. The average molecular weight is 294 g/mol. The third-order valence-corrected chi connectivity index (χ3v) is 4.32.